The van der Waals surface area contributed by atoms with Crippen molar-refractivity contribution in [3.63, 3.8) is 0 Å². The number of hydrogen-bond donors (Lipinski definition) is 1. The first-order chi connectivity index (χ1) is 10.1. The maximum absolute atomic E-state index is 5.79. The minimum Gasteiger partial charge on any atom is -0.423 e. The molecule has 112 valence electrons. The van der Waals surface area contributed by atoms with Crippen LogP contribution in [0.25, 0.3) is 11.5 Å². The second-order valence-corrected chi connectivity index (χ2v) is 5.84. The predicted molar refractivity (Wildman–Crippen MR) is 81.1 cm³/mol. The SMILES string of the molecule is Cc1ccc(-c2nnco2)cc1NC1CC(C)OC(C)C1. The summed E-state index contributed by atoms with van der Waals surface area (Å²) in [6.07, 6.45) is 3.99. The van der Waals surface area contributed by atoms with E-state index in [1.54, 1.807) is 0 Å². The van der Waals surface area contributed by atoms with E-state index in [0.717, 1.165) is 24.1 Å². The highest BCUT2D eigenvalue weighted by atomic mass is 16.5. The Hall–Kier alpha value is -1.88. The molecule has 1 N–H and O–H groups in total. The Morgan fingerprint density at radius 3 is 2.62 bits per heavy atom. The normalized spacial score (nSPS) is 25.8. The van der Waals surface area contributed by atoms with Gasteiger partial charge in [-0.3, -0.25) is 0 Å². The van der Waals surface area contributed by atoms with Gasteiger partial charge in [0.2, 0.25) is 12.3 Å². The molecule has 0 radical (unpaired) electrons. The van der Waals surface area contributed by atoms with Crippen molar-refractivity contribution in [3.8, 4) is 11.5 Å². The third kappa shape index (κ3) is 3.24. The van der Waals surface area contributed by atoms with E-state index >= 15 is 0 Å². The van der Waals surface area contributed by atoms with E-state index in [4.69, 9.17) is 9.15 Å². The van der Waals surface area contributed by atoms with Crippen LogP contribution in [0, 0.1) is 6.92 Å². The number of nitrogens with one attached hydrogen (secondary N) is 1. The fraction of sp³-hybridized carbons (Fsp3) is 0.500. The smallest absolute Gasteiger partial charge is 0.247 e. The summed E-state index contributed by atoms with van der Waals surface area (Å²) in [7, 11) is 0. The maximum atomic E-state index is 5.79. The van der Waals surface area contributed by atoms with Crippen LogP contribution in [0.2, 0.25) is 0 Å². The van der Waals surface area contributed by atoms with E-state index in [1.807, 2.05) is 6.07 Å². The molecule has 2 unspecified atom stereocenters. The van der Waals surface area contributed by atoms with Crippen LogP contribution < -0.4 is 5.32 Å². The van der Waals surface area contributed by atoms with Crippen molar-refractivity contribution in [2.75, 3.05) is 5.32 Å². The van der Waals surface area contributed by atoms with Gasteiger partial charge in [-0.15, -0.1) is 10.2 Å². The number of aromatic nitrogens is 2. The molecule has 1 aromatic heterocycles. The summed E-state index contributed by atoms with van der Waals surface area (Å²) in [6, 6.07) is 6.59. The second kappa shape index (κ2) is 5.85. The molecular weight excluding hydrogens is 266 g/mol. The molecule has 0 amide bonds. The first-order valence-electron chi connectivity index (χ1n) is 7.41. The number of rotatable bonds is 3. The zero-order valence-electron chi connectivity index (χ0n) is 12.7. The number of hydrogen-bond acceptors (Lipinski definition) is 5. The molecule has 5 nitrogen and oxygen atoms in total. The lowest BCUT2D eigenvalue weighted by Gasteiger charge is -2.33. The number of benzene rings is 1. The lowest BCUT2D eigenvalue weighted by molar-refractivity contribution is -0.0337. The van der Waals surface area contributed by atoms with Crippen molar-refractivity contribution in [2.45, 2.75) is 51.9 Å². The van der Waals surface area contributed by atoms with E-state index in [1.165, 1.54) is 12.0 Å². The van der Waals surface area contributed by atoms with E-state index in [9.17, 15) is 0 Å². The predicted octanol–water partition coefficient (Wildman–Crippen LogP) is 3.41. The van der Waals surface area contributed by atoms with Gasteiger partial charge in [-0.1, -0.05) is 6.07 Å². The Morgan fingerprint density at radius 1 is 1.19 bits per heavy atom. The van der Waals surface area contributed by atoms with Gasteiger partial charge in [-0.2, -0.15) is 0 Å². The first kappa shape index (κ1) is 14.1. The molecule has 5 heteroatoms. The summed E-state index contributed by atoms with van der Waals surface area (Å²) in [5, 5.41) is 11.3. The van der Waals surface area contributed by atoms with Crippen molar-refractivity contribution < 1.29 is 9.15 Å². The standard InChI is InChI=1S/C16H21N3O2/c1-10-4-5-13(16-19-17-9-20-16)8-15(10)18-14-6-11(2)21-12(3)7-14/h4-5,8-9,11-12,14,18H,6-7H2,1-3H3. The summed E-state index contributed by atoms with van der Waals surface area (Å²) in [5.74, 6) is 0.548. The van der Waals surface area contributed by atoms with Gasteiger partial charge in [0.25, 0.3) is 0 Å². The van der Waals surface area contributed by atoms with Crippen molar-refractivity contribution >= 4 is 5.69 Å². The molecule has 2 atom stereocenters. The summed E-state index contributed by atoms with van der Waals surface area (Å²) in [6.45, 7) is 6.37. The summed E-state index contributed by atoms with van der Waals surface area (Å²) >= 11 is 0. The Labute approximate surface area is 124 Å². The lowest BCUT2D eigenvalue weighted by Crippen LogP contribution is -2.37. The van der Waals surface area contributed by atoms with Crippen LogP contribution in [-0.2, 0) is 4.74 Å². The van der Waals surface area contributed by atoms with E-state index < -0.39 is 0 Å². The van der Waals surface area contributed by atoms with E-state index in [0.29, 0.717) is 24.1 Å². The highest BCUT2D eigenvalue weighted by Crippen LogP contribution is 2.27. The van der Waals surface area contributed by atoms with Gasteiger partial charge in [0.1, 0.15) is 0 Å². The van der Waals surface area contributed by atoms with Crippen LogP contribution in [0.15, 0.2) is 29.0 Å². The van der Waals surface area contributed by atoms with Gasteiger partial charge < -0.3 is 14.5 Å². The fourth-order valence-corrected chi connectivity index (χ4v) is 2.95. The summed E-state index contributed by atoms with van der Waals surface area (Å²) in [5.41, 5.74) is 3.27. The van der Waals surface area contributed by atoms with E-state index in [2.05, 4.69) is 48.4 Å². The zero-order valence-corrected chi connectivity index (χ0v) is 12.7. The van der Waals surface area contributed by atoms with Crippen LogP contribution in [0.1, 0.15) is 32.3 Å². The van der Waals surface area contributed by atoms with Gasteiger partial charge in [-0.05, 0) is 51.3 Å². The van der Waals surface area contributed by atoms with Gasteiger partial charge in [-0.25, -0.2) is 0 Å². The van der Waals surface area contributed by atoms with Gasteiger partial charge in [0.05, 0.1) is 12.2 Å². The highest BCUT2D eigenvalue weighted by molar-refractivity contribution is 5.64. The fourth-order valence-electron chi connectivity index (χ4n) is 2.95. The topological polar surface area (TPSA) is 60.2 Å². The third-order valence-corrected chi connectivity index (χ3v) is 3.90. The van der Waals surface area contributed by atoms with Crippen molar-refractivity contribution in [3.05, 3.63) is 30.2 Å². The average molecular weight is 287 g/mol. The molecule has 1 aliphatic heterocycles. The number of anilines is 1. The van der Waals surface area contributed by atoms with Crippen LogP contribution >= 0.6 is 0 Å². The molecule has 1 fully saturated rings. The highest BCUT2D eigenvalue weighted by Gasteiger charge is 2.24. The molecule has 1 aliphatic rings. The molecule has 2 heterocycles. The molecule has 3 rings (SSSR count). The largest absolute Gasteiger partial charge is 0.423 e. The Balaban J connectivity index is 1.80. The molecule has 2 aromatic rings. The zero-order chi connectivity index (χ0) is 14.8. The molecule has 0 spiro atoms. The average Bonchev–Trinajstić information content (AvgIpc) is 2.94. The molecule has 1 aromatic carbocycles. The monoisotopic (exact) mass is 287 g/mol. The Kier molecular flexibility index (Phi) is 3.92. The van der Waals surface area contributed by atoms with Crippen molar-refractivity contribution in [1.82, 2.24) is 10.2 Å². The summed E-state index contributed by atoms with van der Waals surface area (Å²) < 4.78 is 11.1. The quantitative estimate of drug-likeness (QED) is 0.937. The maximum Gasteiger partial charge on any atom is 0.247 e. The summed E-state index contributed by atoms with van der Waals surface area (Å²) in [4.78, 5) is 0. The van der Waals surface area contributed by atoms with Crippen LogP contribution in [0.3, 0.4) is 0 Å². The number of ether oxygens (including phenoxy) is 1. The molecular formula is C16H21N3O2. The minimum absolute atomic E-state index is 0.297. The number of nitrogens with zero attached hydrogens (tertiary/aromatic N) is 2. The molecule has 0 bridgehead atoms. The molecule has 1 saturated heterocycles. The van der Waals surface area contributed by atoms with Crippen LogP contribution in [0.5, 0.6) is 0 Å². The Morgan fingerprint density at radius 2 is 1.95 bits per heavy atom. The number of aryl methyl sites for hydroxylation is 1. The molecule has 21 heavy (non-hydrogen) atoms. The van der Waals surface area contributed by atoms with Crippen LogP contribution in [0.4, 0.5) is 5.69 Å². The molecule has 0 aliphatic carbocycles. The van der Waals surface area contributed by atoms with E-state index in [-0.39, 0.29) is 0 Å². The van der Waals surface area contributed by atoms with Gasteiger partial charge in [0, 0.05) is 17.3 Å². The van der Waals surface area contributed by atoms with Crippen molar-refractivity contribution in [2.24, 2.45) is 0 Å². The van der Waals surface area contributed by atoms with Crippen molar-refractivity contribution in [1.29, 1.82) is 0 Å². The van der Waals surface area contributed by atoms with Crippen LogP contribution in [-0.4, -0.2) is 28.4 Å². The minimum atomic E-state index is 0.297. The third-order valence-electron chi connectivity index (χ3n) is 3.90. The Bertz CT molecular complexity index is 588. The van der Waals surface area contributed by atoms with Gasteiger partial charge in [0.15, 0.2) is 0 Å². The second-order valence-electron chi connectivity index (χ2n) is 5.84. The first-order valence-corrected chi connectivity index (χ1v) is 7.41. The molecule has 0 saturated carbocycles. The lowest BCUT2D eigenvalue weighted by atomic mass is 9.99. The van der Waals surface area contributed by atoms with Gasteiger partial charge >= 0.3 is 0 Å².